The summed E-state index contributed by atoms with van der Waals surface area (Å²) in [6.45, 7) is 4.83. The van der Waals surface area contributed by atoms with E-state index in [0.29, 0.717) is 5.56 Å². The molecule has 0 radical (unpaired) electrons. The average Bonchev–Trinajstić information content (AvgIpc) is 2.65. The van der Waals surface area contributed by atoms with Crippen LogP contribution in [-0.4, -0.2) is 17.9 Å². The summed E-state index contributed by atoms with van der Waals surface area (Å²) in [5, 5.41) is 4.92. The summed E-state index contributed by atoms with van der Waals surface area (Å²) in [4.78, 5) is 25.0. The van der Waals surface area contributed by atoms with Crippen molar-refractivity contribution < 1.29 is 31.5 Å². The van der Waals surface area contributed by atoms with Gasteiger partial charge in [-0.25, -0.2) is 8.78 Å². The fourth-order valence-corrected chi connectivity index (χ4v) is 2.81. The van der Waals surface area contributed by atoms with Crippen LogP contribution in [0.1, 0.15) is 48.3 Å². The van der Waals surface area contributed by atoms with Crippen LogP contribution in [0.15, 0.2) is 42.5 Å². The Labute approximate surface area is 170 Å². The van der Waals surface area contributed by atoms with E-state index in [4.69, 9.17) is 0 Å². The molecule has 0 aliphatic carbocycles. The molecule has 9 heteroatoms. The molecule has 0 fully saturated rings. The Morgan fingerprint density at radius 1 is 0.867 bits per heavy atom. The average molecular weight is 428 g/mol. The molecule has 30 heavy (non-hydrogen) atoms. The van der Waals surface area contributed by atoms with Gasteiger partial charge in [-0.15, -0.1) is 0 Å². The predicted molar refractivity (Wildman–Crippen MR) is 100 cm³/mol. The molecule has 0 spiro atoms. The zero-order valence-electron chi connectivity index (χ0n) is 16.5. The highest BCUT2D eigenvalue weighted by Crippen LogP contribution is 2.30. The number of hydrogen-bond donors (Lipinski definition) is 2. The van der Waals surface area contributed by atoms with Crippen molar-refractivity contribution in [2.75, 3.05) is 0 Å². The Kier molecular flexibility index (Phi) is 7.17. The van der Waals surface area contributed by atoms with Crippen molar-refractivity contribution in [2.24, 2.45) is 5.92 Å². The lowest BCUT2D eigenvalue weighted by Crippen LogP contribution is -2.50. The van der Waals surface area contributed by atoms with E-state index in [9.17, 15) is 31.5 Å². The molecule has 0 saturated heterocycles. The van der Waals surface area contributed by atoms with E-state index in [0.717, 1.165) is 30.3 Å². The van der Waals surface area contributed by atoms with Gasteiger partial charge in [0.1, 0.15) is 23.2 Å². The van der Waals surface area contributed by atoms with E-state index in [-0.39, 0.29) is 0 Å². The van der Waals surface area contributed by atoms with Crippen LogP contribution < -0.4 is 10.6 Å². The molecule has 0 bridgehead atoms. The van der Waals surface area contributed by atoms with Gasteiger partial charge in [0.2, 0.25) is 5.91 Å². The minimum absolute atomic E-state index is 0.422. The normalized spacial score (nSPS) is 13.6. The highest BCUT2D eigenvalue weighted by Gasteiger charge is 2.31. The number of alkyl halides is 3. The molecule has 0 aliphatic rings. The molecule has 0 aliphatic heterocycles. The van der Waals surface area contributed by atoms with Gasteiger partial charge < -0.3 is 10.6 Å². The lowest BCUT2D eigenvalue weighted by molar-refractivity contribution is -0.137. The molecule has 0 saturated carbocycles. The van der Waals surface area contributed by atoms with Crippen molar-refractivity contribution in [2.45, 2.75) is 39.0 Å². The van der Waals surface area contributed by atoms with Gasteiger partial charge in [0.05, 0.1) is 11.6 Å². The number of halogens is 5. The molecule has 0 heterocycles. The fourth-order valence-electron chi connectivity index (χ4n) is 2.81. The third kappa shape index (κ3) is 5.55. The second-order valence-electron chi connectivity index (χ2n) is 7.14. The second kappa shape index (κ2) is 9.23. The maximum Gasteiger partial charge on any atom is 0.416 e. The van der Waals surface area contributed by atoms with Crippen molar-refractivity contribution in [1.29, 1.82) is 0 Å². The van der Waals surface area contributed by atoms with Crippen molar-refractivity contribution in [3.05, 3.63) is 70.8 Å². The standard InChI is InChI=1S/C21H21F5N2O2/c1-11(2)18(28-19(29)17-15(22)5-4-6-16(17)23)20(30)27-12(3)13-7-9-14(10-8-13)21(24,25)26/h4-12,18H,1-3H3,(H,27,30)(H,28,29). The SMILES string of the molecule is CC(NC(=O)C(NC(=O)c1c(F)cccc1F)C(C)C)c1ccc(C(F)(F)F)cc1. The van der Waals surface area contributed by atoms with Crippen molar-refractivity contribution >= 4 is 11.8 Å². The summed E-state index contributed by atoms with van der Waals surface area (Å²) >= 11 is 0. The highest BCUT2D eigenvalue weighted by molar-refractivity contribution is 5.98. The van der Waals surface area contributed by atoms with E-state index in [1.54, 1.807) is 20.8 Å². The van der Waals surface area contributed by atoms with Gasteiger partial charge in [0.15, 0.2) is 0 Å². The van der Waals surface area contributed by atoms with Gasteiger partial charge in [-0.2, -0.15) is 13.2 Å². The minimum atomic E-state index is -4.47. The number of rotatable bonds is 6. The molecule has 162 valence electrons. The molecule has 2 atom stereocenters. The largest absolute Gasteiger partial charge is 0.416 e. The summed E-state index contributed by atoms with van der Waals surface area (Å²) in [5.41, 5.74) is -1.19. The van der Waals surface area contributed by atoms with Crippen LogP contribution in [-0.2, 0) is 11.0 Å². The van der Waals surface area contributed by atoms with E-state index < -0.39 is 58.8 Å². The fraction of sp³-hybridized carbons (Fsp3) is 0.333. The number of hydrogen-bond acceptors (Lipinski definition) is 2. The molecule has 2 aromatic carbocycles. The molecule has 4 nitrogen and oxygen atoms in total. The molecule has 2 aromatic rings. The van der Waals surface area contributed by atoms with Crippen molar-refractivity contribution in [1.82, 2.24) is 10.6 Å². The minimum Gasteiger partial charge on any atom is -0.348 e. The van der Waals surface area contributed by atoms with Crippen LogP contribution >= 0.6 is 0 Å². The number of benzene rings is 2. The third-order valence-electron chi connectivity index (χ3n) is 4.52. The zero-order chi connectivity index (χ0) is 22.6. The van der Waals surface area contributed by atoms with Crippen LogP contribution in [0.4, 0.5) is 22.0 Å². The van der Waals surface area contributed by atoms with E-state index in [1.165, 1.54) is 12.1 Å². The summed E-state index contributed by atoms with van der Waals surface area (Å²) in [6, 6.07) is 5.47. The van der Waals surface area contributed by atoms with Gasteiger partial charge in [0.25, 0.3) is 5.91 Å². The summed E-state index contributed by atoms with van der Waals surface area (Å²) in [5.74, 6) is -4.27. The smallest absolute Gasteiger partial charge is 0.348 e. The van der Waals surface area contributed by atoms with E-state index in [2.05, 4.69) is 10.6 Å². The molecule has 2 unspecified atom stereocenters. The van der Waals surface area contributed by atoms with Crippen LogP contribution in [0.2, 0.25) is 0 Å². The summed E-state index contributed by atoms with van der Waals surface area (Å²) < 4.78 is 65.7. The highest BCUT2D eigenvalue weighted by atomic mass is 19.4. The monoisotopic (exact) mass is 428 g/mol. The topological polar surface area (TPSA) is 58.2 Å². The Bertz CT molecular complexity index is 890. The quantitative estimate of drug-likeness (QED) is 0.660. The van der Waals surface area contributed by atoms with Crippen LogP contribution in [0.25, 0.3) is 0 Å². The Balaban J connectivity index is 2.12. The predicted octanol–water partition coefficient (Wildman–Crippen LogP) is 4.62. The maximum absolute atomic E-state index is 13.8. The van der Waals surface area contributed by atoms with Crippen LogP contribution in [0, 0.1) is 17.6 Å². The first-order valence-corrected chi connectivity index (χ1v) is 9.14. The van der Waals surface area contributed by atoms with Crippen molar-refractivity contribution in [3.8, 4) is 0 Å². The van der Waals surface area contributed by atoms with Gasteiger partial charge in [0, 0.05) is 0 Å². The van der Waals surface area contributed by atoms with Gasteiger partial charge in [-0.05, 0) is 42.7 Å². The first-order chi connectivity index (χ1) is 13.9. The molecule has 2 N–H and O–H groups in total. The molecule has 0 aromatic heterocycles. The molecular weight excluding hydrogens is 407 g/mol. The summed E-state index contributed by atoms with van der Waals surface area (Å²) in [7, 11) is 0. The first-order valence-electron chi connectivity index (χ1n) is 9.14. The lowest BCUT2D eigenvalue weighted by Gasteiger charge is -2.24. The maximum atomic E-state index is 13.8. The van der Waals surface area contributed by atoms with Gasteiger partial charge in [-0.1, -0.05) is 32.0 Å². The number of nitrogens with one attached hydrogen (secondary N) is 2. The zero-order valence-corrected chi connectivity index (χ0v) is 16.5. The van der Waals surface area contributed by atoms with E-state index >= 15 is 0 Å². The Hall–Kier alpha value is -2.97. The van der Waals surface area contributed by atoms with Gasteiger partial charge >= 0.3 is 6.18 Å². The number of carbonyl (C=O) groups is 2. The molecule has 2 amide bonds. The van der Waals surface area contributed by atoms with Crippen LogP contribution in [0.5, 0.6) is 0 Å². The third-order valence-corrected chi connectivity index (χ3v) is 4.52. The van der Waals surface area contributed by atoms with Crippen molar-refractivity contribution in [3.63, 3.8) is 0 Å². The van der Waals surface area contributed by atoms with Gasteiger partial charge in [-0.3, -0.25) is 9.59 Å². The second-order valence-corrected chi connectivity index (χ2v) is 7.14. The molecular formula is C21H21F5N2O2. The van der Waals surface area contributed by atoms with Crippen LogP contribution in [0.3, 0.4) is 0 Å². The Morgan fingerprint density at radius 3 is 1.87 bits per heavy atom. The Morgan fingerprint density at radius 2 is 1.40 bits per heavy atom. The first kappa shape index (κ1) is 23.3. The summed E-state index contributed by atoms with van der Waals surface area (Å²) in [6.07, 6.45) is -4.47. The lowest BCUT2D eigenvalue weighted by atomic mass is 10.0. The number of carbonyl (C=O) groups excluding carboxylic acids is 2. The molecule has 2 rings (SSSR count). The van der Waals surface area contributed by atoms with E-state index in [1.807, 2.05) is 0 Å². The number of amides is 2.